The third-order valence-corrected chi connectivity index (χ3v) is 4.94. The number of ether oxygens (including phenoxy) is 2. The number of hydrogen-bond donors (Lipinski definition) is 2. The van der Waals surface area contributed by atoms with Gasteiger partial charge in [-0.2, -0.15) is 0 Å². The molecule has 2 N–H and O–H groups in total. The fourth-order valence-corrected chi connectivity index (χ4v) is 3.28. The van der Waals surface area contributed by atoms with Crippen molar-refractivity contribution in [3.8, 4) is 0 Å². The molecule has 0 fully saturated rings. The summed E-state index contributed by atoms with van der Waals surface area (Å²) in [6, 6.07) is 4.88. The largest absolute Gasteiger partial charge is 0.478 e. The van der Waals surface area contributed by atoms with Gasteiger partial charge in [0.1, 0.15) is 0 Å². The Hall–Kier alpha value is -2.02. The third-order valence-electron chi connectivity index (χ3n) is 4.11. The monoisotopic (exact) mass is 399 g/mol. The summed E-state index contributed by atoms with van der Waals surface area (Å²) in [7, 11) is 1.40. The standard InChI is InChI=1S/C18H19Cl2NO5/c1-8-13(17(22)23)15(11-6-5-7-12(19)16(11)20)14(9(2)21-8)18(24)26-10(3)25-4/h5-7,10,15,21H,1-4H3,(H,22,23). The number of nitrogens with one attached hydrogen (secondary N) is 1. The summed E-state index contributed by atoms with van der Waals surface area (Å²) in [4.78, 5) is 24.7. The van der Waals surface area contributed by atoms with Crippen molar-refractivity contribution in [2.24, 2.45) is 0 Å². The molecular formula is C18H19Cl2NO5. The van der Waals surface area contributed by atoms with Gasteiger partial charge >= 0.3 is 11.9 Å². The lowest BCUT2D eigenvalue weighted by atomic mass is 9.80. The minimum absolute atomic E-state index is 0.00298. The van der Waals surface area contributed by atoms with E-state index in [1.807, 2.05) is 0 Å². The van der Waals surface area contributed by atoms with E-state index in [2.05, 4.69) is 5.32 Å². The van der Waals surface area contributed by atoms with Crippen LogP contribution in [0.3, 0.4) is 0 Å². The third kappa shape index (κ3) is 3.87. The van der Waals surface area contributed by atoms with E-state index in [1.165, 1.54) is 7.11 Å². The summed E-state index contributed by atoms with van der Waals surface area (Å²) in [5.41, 5.74) is 1.43. The molecule has 0 radical (unpaired) electrons. The van der Waals surface area contributed by atoms with Gasteiger partial charge in [-0.1, -0.05) is 35.3 Å². The molecule has 0 aliphatic carbocycles. The zero-order chi connectivity index (χ0) is 19.6. The van der Waals surface area contributed by atoms with E-state index in [-0.39, 0.29) is 21.2 Å². The Morgan fingerprint density at radius 3 is 2.38 bits per heavy atom. The molecule has 2 rings (SSSR count). The van der Waals surface area contributed by atoms with Crippen molar-refractivity contribution in [1.29, 1.82) is 0 Å². The van der Waals surface area contributed by atoms with Crippen LogP contribution < -0.4 is 5.32 Å². The minimum atomic E-state index is -1.17. The molecule has 0 saturated heterocycles. The molecule has 1 heterocycles. The van der Waals surface area contributed by atoms with Crippen LogP contribution in [-0.4, -0.2) is 30.4 Å². The number of esters is 1. The van der Waals surface area contributed by atoms with Gasteiger partial charge in [0.2, 0.25) is 0 Å². The van der Waals surface area contributed by atoms with Gasteiger partial charge in [-0.25, -0.2) is 9.59 Å². The first kappa shape index (κ1) is 20.3. The zero-order valence-corrected chi connectivity index (χ0v) is 16.2. The van der Waals surface area contributed by atoms with Crippen molar-refractivity contribution in [2.45, 2.75) is 33.0 Å². The van der Waals surface area contributed by atoms with Crippen molar-refractivity contribution in [1.82, 2.24) is 5.32 Å². The van der Waals surface area contributed by atoms with E-state index in [4.69, 9.17) is 32.7 Å². The number of halogens is 2. The molecule has 26 heavy (non-hydrogen) atoms. The van der Waals surface area contributed by atoms with Gasteiger partial charge in [0.25, 0.3) is 0 Å². The van der Waals surface area contributed by atoms with Crippen LogP contribution in [0.15, 0.2) is 40.7 Å². The molecule has 1 aliphatic heterocycles. The van der Waals surface area contributed by atoms with E-state index in [1.54, 1.807) is 39.0 Å². The van der Waals surface area contributed by atoms with Crippen molar-refractivity contribution >= 4 is 35.1 Å². The van der Waals surface area contributed by atoms with Crippen LogP contribution in [0.4, 0.5) is 0 Å². The lowest BCUT2D eigenvalue weighted by molar-refractivity contribution is -0.165. The number of rotatable bonds is 5. The summed E-state index contributed by atoms with van der Waals surface area (Å²) in [6.07, 6.45) is -0.793. The molecule has 0 spiro atoms. The fraction of sp³-hybridized carbons (Fsp3) is 0.333. The number of carboxylic acids is 1. The van der Waals surface area contributed by atoms with Crippen LogP contribution in [0.25, 0.3) is 0 Å². The second-order valence-electron chi connectivity index (χ2n) is 5.79. The Morgan fingerprint density at radius 2 is 1.81 bits per heavy atom. The molecule has 0 aromatic heterocycles. The van der Waals surface area contributed by atoms with Crippen molar-refractivity contribution in [2.75, 3.05) is 7.11 Å². The van der Waals surface area contributed by atoms with Gasteiger partial charge in [0.15, 0.2) is 6.29 Å². The summed E-state index contributed by atoms with van der Waals surface area (Å²) >= 11 is 12.4. The summed E-state index contributed by atoms with van der Waals surface area (Å²) in [6.45, 7) is 4.85. The Balaban J connectivity index is 2.67. The Morgan fingerprint density at radius 1 is 1.19 bits per heavy atom. The van der Waals surface area contributed by atoms with Gasteiger partial charge in [-0.15, -0.1) is 0 Å². The van der Waals surface area contributed by atoms with Gasteiger partial charge in [-0.05, 0) is 32.4 Å². The zero-order valence-electron chi connectivity index (χ0n) is 14.7. The Bertz CT molecular complexity index is 816. The first-order valence-corrected chi connectivity index (χ1v) is 8.54. The molecule has 0 saturated carbocycles. The van der Waals surface area contributed by atoms with Crippen LogP contribution in [0.1, 0.15) is 32.3 Å². The molecule has 1 aliphatic rings. The summed E-state index contributed by atoms with van der Waals surface area (Å²) < 4.78 is 10.2. The normalized spacial score (nSPS) is 18.5. The number of carboxylic acid groups (broad SMARTS) is 1. The molecule has 1 aromatic rings. The Labute approximate surface area is 161 Å². The van der Waals surface area contributed by atoms with Crippen molar-refractivity contribution in [3.05, 3.63) is 56.3 Å². The average Bonchev–Trinajstić information content (AvgIpc) is 2.55. The lowest BCUT2D eigenvalue weighted by Gasteiger charge is -2.30. The first-order valence-electron chi connectivity index (χ1n) is 7.78. The van der Waals surface area contributed by atoms with Gasteiger partial charge < -0.3 is 19.9 Å². The van der Waals surface area contributed by atoms with E-state index < -0.39 is 24.1 Å². The number of carbonyl (C=O) groups excluding carboxylic acids is 1. The lowest BCUT2D eigenvalue weighted by Crippen LogP contribution is -2.33. The number of hydrogen-bond acceptors (Lipinski definition) is 5. The fourth-order valence-electron chi connectivity index (χ4n) is 2.86. The van der Waals surface area contributed by atoms with Crippen LogP contribution in [0, 0.1) is 0 Å². The van der Waals surface area contributed by atoms with E-state index in [0.29, 0.717) is 17.0 Å². The number of methoxy groups -OCH3 is 1. The average molecular weight is 400 g/mol. The number of carbonyl (C=O) groups is 2. The molecule has 2 atom stereocenters. The highest BCUT2D eigenvalue weighted by Gasteiger charge is 2.38. The maximum atomic E-state index is 12.7. The molecule has 0 amide bonds. The molecular weight excluding hydrogens is 381 g/mol. The predicted octanol–water partition coefficient (Wildman–Crippen LogP) is 3.85. The maximum Gasteiger partial charge on any atom is 0.339 e. The number of aliphatic carboxylic acids is 1. The molecule has 1 aromatic carbocycles. The molecule has 0 bridgehead atoms. The SMILES string of the molecule is COC(C)OC(=O)C1=C(C)NC(C)=C(C(=O)O)C1c1cccc(Cl)c1Cl. The second-order valence-corrected chi connectivity index (χ2v) is 6.58. The van der Waals surface area contributed by atoms with Crippen LogP contribution in [0.2, 0.25) is 10.0 Å². The van der Waals surface area contributed by atoms with Crippen LogP contribution >= 0.6 is 23.2 Å². The van der Waals surface area contributed by atoms with E-state index in [9.17, 15) is 14.7 Å². The summed E-state index contributed by atoms with van der Waals surface area (Å²) in [5.74, 6) is -2.80. The second kappa shape index (κ2) is 8.12. The molecule has 140 valence electrons. The quantitative estimate of drug-likeness (QED) is 0.577. The highest BCUT2D eigenvalue weighted by atomic mass is 35.5. The van der Waals surface area contributed by atoms with Crippen molar-refractivity contribution in [3.63, 3.8) is 0 Å². The minimum Gasteiger partial charge on any atom is -0.478 e. The topological polar surface area (TPSA) is 84.9 Å². The van der Waals surface area contributed by atoms with Crippen LogP contribution in [-0.2, 0) is 19.1 Å². The highest BCUT2D eigenvalue weighted by molar-refractivity contribution is 6.42. The van der Waals surface area contributed by atoms with E-state index in [0.717, 1.165) is 0 Å². The molecule has 2 unspecified atom stereocenters. The number of allylic oxidation sites excluding steroid dienone is 2. The van der Waals surface area contributed by atoms with Gasteiger partial charge in [-0.3, -0.25) is 0 Å². The molecule has 8 heteroatoms. The van der Waals surface area contributed by atoms with Gasteiger partial charge in [0.05, 0.1) is 27.1 Å². The maximum absolute atomic E-state index is 12.7. The Kier molecular flexibility index (Phi) is 6.34. The number of dihydropyridines is 1. The molecule has 6 nitrogen and oxygen atoms in total. The predicted molar refractivity (Wildman–Crippen MR) is 97.9 cm³/mol. The number of benzene rings is 1. The highest BCUT2D eigenvalue weighted by Crippen LogP contribution is 2.43. The summed E-state index contributed by atoms with van der Waals surface area (Å²) in [5, 5.41) is 13.1. The van der Waals surface area contributed by atoms with E-state index >= 15 is 0 Å². The first-order chi connectivity index (χ1) is 12.2. The smallest absolute Gasteiger partial charge is 0.339 e. The van der Waals surface area contributed by atoms with Crippen LogP contribution in [0.5, 0.6) is 0 Å². The van der Waals surface area contributed by atoms with Crippen molar-refractivity contribution < 1.29 is 24.2 Å². The van der Waals surface area contributed by atoms with Gasteiger partial charge in [0, 0.05) is 18.5 Å².